The number of sulfonamides is 1. The Labute approximate surface area is 176 Å². The maximum atomic E-state index is 12.8. The largest absolute Gasteiger partial charge is 0.354 e. The van der Waals surface area contributed by atoms with Gasteiger partial charge in [0.15, 0.2) is 0 Å². The molecule has 6 nitrogen and oxygen atoms in total. The van der Waals surface area contributed by atoms with Gasteiger partial charge in [-0.3, -0.25) is 14.5 Å². The summed E-state index contributed by atoms with van der Waals surface area (Å²) in [5.74, 6) is 0.225. The summed E-state index contributed by atoms with van der Waals surface area (Å²) in [6, 6.07) is 13.4. The Balaban J connectivity index is 1.73. The molecule has 1 amide bonds. The van der Waals surface area contributed by atoms with E-state index in [2.05, 4.69) is 15.0 Å². The molecular weight excluding hydrogens is 410 g/mol. The van der Waals surface area contributed by atoms with Crippen molar-refractivity contribution in [3.05, 3.63) is 64.7 Å². The van der Waals surface area contributed by atoms with Crippen LogP contribution in [0.25, 0.3) is 0 Å². The summed E-state index contributed by atoms with van der Waals surface area (Å²) in [4.78, 5) is 17.4. The van der Waals surface area contributed by atoms with E-state index in [1.807, 2.05) is 38.1 Å². The van der Waals surface area contributed by atoms with Gasteiger partial charge in [0.1, 0.15) is 11.9 Å². The first-order chi connectivity index (χ1) is 13.8. The molecule has 0 aromatic heterocycles. The average Bonchev–Trinajstić information content (AvgIpc) is 2.93. The van der Waals surface area contributed by atoms with Crippen molar-refractivity contribution in [1.82, 2.24) is 10.0 Å². The van der Waals surface area contributed by atoms with Gasteiger partial charge in [-0.25, -0.2) is 8.42 Å². The van der Waals surface area contributed by atoms with Crippen molar-refractivity contribution < 1.29 is 13.2 Å². The highest BCUT2D eigenvalue weighted by Gasteiger charge is 2.32. The lowest BCUT2D eigenvalue weighted by Gasteiger charge is -2.16. The van der Waals surface area contributed by atoms with E-state index >= 15 is 0 Å². The molecule has 0 fully saturated rings. The highest BCUT2D eigenvalue weighted by atomic mass is 35.5. The van der Waals surface area contributed by atoms with Crippen molar-refractivity contribution in [3.63, 3.8) is 0 Å². The second-order valence-electron chi connectivity index (χ2n) is 7.39. The Hall–Kier alpha value is -2.38. The fraction of sp³-hybridized carbons (Fsp3) is 0.333. The monoisotopic (exact) mass is 433 g/mol. The van der Waals surface area contributed by atoms with Crippen LogP contribution in [0.5, 0.6) is 0 Å². The molecule has 0 radical (unpaired) electrons. The molecule has 2 N–H and O–H groups in total. The summed E-state index contributed by atoms with van der Waals surface area (Å²) >= 11 is 5.89. The molecule has 0 bridgehead atoms. The van der Waals surface area contributed by atoms with Gasteiger partial charge in [-0.15, -0.1) is 0 Å². The molecule has 0 saturated heterocycles. The van der Waals surface area contributed by atoms with Crippen LogP contribution in [-0.2, 0) is 21.2 Å². The highest BCUT2D eigenvalue weighted by Crippen LogP contribution is 2.23. The van der Waals surface area contributed by atoms with Gasteiger partial charge in [-0.05, 0) is 48.6 Å². The molecule has 29 heavy (non-hydrogen) atoms. The molecule has 0 spiro atoms. The van der Waals surface area contributed by atoms with Crippen LogP contribution in [-0.4, -0.2) is 32.7 Å². The number of hydrogen-bond acceptors (Lipinski definition) is 4. The van der Waals surface area contributed by atoms with Crippen LogP contribution in [0.2, 0.25) is 5.02 Å². The van der Waals surface area contributed by atoms with Crippen LogP contribution in [0.1, 0.15) is 31.4 Å². The van der Waals surface area contributed by atoms with Crippen molar-refractivity contribution in [2.24, 2.45) is 10.9 Å². The summed E-state index contributed by atoms with van der Waals surface area (Å²) in [5, 5.41) is 3.58. The number of amides is 1. The smallest absolute Gasteiger partial charge is 0.263 e. The summed E-state index contributed by atoms with van der Waals surface area (Å²) in [6.45, 7) is 4.46. The lowest BCUT2D eigenvalue weighted by molar-refractivity contribution is -0.122. The predicted octanol–water partition coefficient (Wildman–Crippen LogP) is 3.15. The van der Waals surface area contributed by atoms with Gasteiger partial charge in [0.2, 0.25) is 5.91 Å². The zero-order valence-electron chi connectivity index (χ0n) is 16.4. The van der Waals surface area contributed by atoms with Crippen LogP contribution in [0.15, 0.2) is 58.4 Å². The van der Waals surface area contributed by atoms with E-state index < -0.39 is 16.1 Å². The van der Waals surface area contributed by atoms with Gasteiger partial charge in [-0.1, -0.05) is 49.7 Å². The number of hydrogen-bond donors (Lipinski definition) is 2. The average molecular weight is 434 g/mol. The van der Waals surface area contributed by atoms with E-state index in [9.17, 15) is 13.2 Å². The lowest BCUT2D eigenvalue weighted by atomic mass is 10.0. The molecular formula is C21H24ClN3O3S. The number of carbonyl (C=O) groups excluding carboxylic acids is 1. The van der Waals surface area contributed by atoms with Gasteiger partial charge < -0.3 is 5.32 Å². The van der Waals surface area contributed by atoms with Crippen molar-refractivity contribution in [3.8, 4) is 0 Å². The molecule has 2 aromatic rings. The zero-order chi connectivity index (χ0) is 21.0. The Bertz CT molecular complexity index is 1020. The Morgan fingerprint density at radius 2 is 1.83 bits per heavy atom. The maximum Gasteiger partial charge on any atom is 0.263 e. The first-order valence-corrected chi connectivity index (χ1v) is 11.3. The number of benzene rings is 2. The molecule has 2 aromatic carbocycles. The number of carbonyl (C=O) groups is 1. The van der Waals surface area contributed by atoms with Crippen molar-refractivity contribution >= 4 is 33.4 Å². The normalized spacial score (nSPS) is 17.0. The summed E-state index contributed by atoms with van der Waals surface area (Å²) in [7, 11) is -3.63. The van der Waals surface area contributed by atoms with Crippen LogP contribution >= 0.6 is 11.6 Å². The molecule has 1 atom stereocenters. The number of halogens is 1. The highest BCUT2D eigenvalue weighted by molar-refractivity contribution is 7.90. The molecule has 3 rings (SSSR count). The molecule has 0 saturated carbocycles. The zero-order valence-corrected chi connectivity index (χ0v) is 17.9. The first kappa shape index (κ1) is 21.3. The fourth-order valence-electron chi connectivity index (χ4n) is 3.15. The van der Waals surface area contributed by atoms with E-state index in [4.69, 9.17) is 11.6 Å². The van der Waals surface area contributed by atoms with E-state index in [1.54, 1.807) is 18.2 Å². The van der Waals surface area contributed by atoms with Crippen LogP contribution in [0.4, 0.5) is 0 Å². The van der Waals surface area contributed by atoms with Gasteiger partial charge in [0.25, 0.3) is 10.0 Å². The molecule has 8 heteroatoms. The number of amidine groups is 1. The minimum absolute atomic E-state index is 0.185. The maximum absolute atomic E-state index is 12.8. The van der Waals surface area contributed by atoms with Gasteiger partial charge in [0, 0.05) is 17.1 Å². The Kier molecular flexibility index (Phi) is 6.59. The fourth-order valence-corrected chi connectivity index (χ4v) is 4.51. The van der Waals surface area contributed by atoms with Crippen molar-refractivity contribution in [2.75, 3.05) is 6.54 Å². The van der Waals surface area contributed by atoms with Gasteiger partial charge in [0.05, 0.1) is 4.90 Å². The van der Waals surface area contributed by atoms with Crippen LogP contribution < -0.4 is 10.0 Å². The minimum Gasteiger partial charge on any atom is -0.354 e. The lowest BCUT2D eigenvalue weighted by Crippen LogP contribution is -2.37. The quantitative estimate of drug-likeness (QED) is 0.703. The number of nitrogens with one attached hydrogen (secondary N) is 2. The molecule has 1 aliphatic heterocycles. The topological polar surface area (TPSA) is 87.6 Å². The predicted molar refractivity (Wildman–Crippen MR) is 115 cm³/mol. The third-order valence-corrected chi connectivity index (χ3v) is 6.22. The molecule has 1 heterocycles. The minimum atomic E-state index is -3.63. The second-order valence-corrected chi connectivity index (χ2v) is 9.48. The third kappa shape index (κ3) is 5.36. The third-order valence-electron chi connectivity index (χ3n) is 4.57. The van der Waals surface area contributed by atoms with Crippen LogP contribution in [0.3, 0.4) is 0 Å². The van der Waals surface area contributed by atoms with Crippen LogP contribution in [0, 0.1) is 5.92 Å². The number of rotatable bonds is 7. The number of nitrogens with zero attached hydrogens (tertiary/aromatic N) is 1. The standard InChI is InChI=1S/C21H24ClN3O3S/c1-14(2)13-18(21(26)23-12-11-15-7-9-16(22)10-8-15)24-20-17-5-3-4-6-19(17)29(27,28)25-20/h3-10,14,18H,11-13H2,1-2H3,(H,23,26)(H,24,25). The van der Waals surface area contributed by atoms with E-state index in [1.165, 1.54) is 6.07 Å². The van der Waals surface area contributed by atoms with E-state index in [0.29, 0.717) is 30.0 Å². The van der Waals surface area contributed by atoms with Gasteiger partial charge >= 0.3 is 0 Å². The Morgan fingerprint density at radius 1 is 1.14 bits per heavy atom. The van der Waals surface area contributed by atoms with Crippen molar-refractivity contribution in [1.29, 1.82) is 0 Å². The summed E-state index contributed by atoms with van der Waals surface area (Å²) < 4.78 is 27.0. The van der Waals surface area contributed by atoms with E-state index in [-0.39, 0.29) is 22.6 Å². The Morgan fingerprint density at radius 3 is 2.52 bits per heavy atom. The summed E-state index contributed by atoms with van der Waals surface area (Å²) in [6.07, 6.45) is 1.18. The molecule has 154 valence electrons. The molecule has 0 aliphatic carbocycles. The second kappa shape index (κ2) is 8.97. The number of fused-ring (bicyclic) bond motifs is 1. The molecule has 1 aliphatic rings. The van der Waals surface area contributed by atoms with Gasteiger partial charge in [-0.2, -0.15) is 0 Å². The molecule has 1 unspecified atom stereocenters. The number of aliphatic imine (C=N–C) groups is 1. The summed E-state index contributed by atoms with van der Waals surface area (Å²) in [5.41, 5.74) is 1.56. The first-order valence-electron chi connectivity index (χ1n) is 9.48. The SMILES string of the molecule is CC(C)CC(N=C1NS(=O)(=O)c2ccccc21)C(=O)NCCc1ccc(Cl)cc1. The van der Waals surface area contributed by atoms with E-state index in [0.717, 1.165) is 5.56 Å². The van der Waals surface area contributed by atoms with Crippen molar-refractivity contribution in [2.45, 2.75) is 37.6 Å².